The average molecular weight is 367 g/mol. The van der Waals surface area contributed by atoms with Crippen molar-refractivity contribution in [2.75, 3.05) is 46.2 Å². The molecule has 6 heteroatoms. The van der Waals surface area contributed by atoms with Gasteiger partial charge in [0.05, 0.1) is 19.3 Å². The largest absolute Gasteiger partial charge is 0.497 e. The fraction of sp³-hybridized carbons (Fsp3) is 0.429. The van der Waals surface area contributed by atoms with E-state index in [4.69, 9.17) is 4.74 Å². The number of methoxy groups -OCH3 is 1. The Kier molecular flexibility index (Phi) is 6.16. The Hall–Kier alpha value is -2.76. The highest BCUT2D eigenvalue weighted by Crippen LogP contribution is 2.28. The number of nitrogens with zero attached hydrogens (tertiary/aromatic N) is 4. The second kappa shape index (κ2) is 8.75. The van der Waals surface area contributed by atoms with Gasteiger partial charge in [-0.2, -0.15) is 0 Å². The van der Waals surface area contributed by atoms with Crippen LogP contribution in [0.3, 0.4) is 0 Å². The van der Waals surface area contributed by atoms with Gasteiger partial charge in [0.2, 0.25) is 0 Å². The Morgan fingerprint density at radius 3 is 2.70 bits per heavy atom. The number of aliphatic imine (C=N–C) groups is 1. The minimum Gasteiger partial charge on any atom is -0.497 e. The zero-order chi connectivity index (χ0) is 19.2. The molecular formula is C21H29N5O. The molecule has 0 aliphatic carbocycles. The summed E-state index contributed by atoms with van der Waals surface area (Å²) in [7, 11) is 7.54. The topological polar surface area (TPSA) is 53.0 Å². The normalized spacial score (nSPS) is 17.1. The summed E-state index contributed by atoms with van der Waals surface area (Å²) in [6, 6.07) is 14.5. The van der Waals surface area contributed by atoms with E-state index in [2.05, 4.69) is 32.3 Å². The second-order valence-corrected chi connectivity index (χ2v) is 6.99. The quantitative estimate of drug-likeness (QED) is 0.650. The molecule has 1 aliphatic heterocycles. The number of hydrogen-bond donors (Lipinski definition) is 1. The molecule has 6 nitrogen and oxygen atoms in total. The summed E-state index contributed by atoms with van der Waals surface area (Å²) in [6.07, 6.45) is 1.13. The molecule has 2 aromatic rings. The lowest BCUT2D eigenvalue weighted by molar-refractivity contribution is 0.414. The number of benzene rings is 1. The van der Waals surface area contributed by atoms with Gasteiger partial charge >= 0.3 is 0 Å². The van der Waals surface area contributed by atoms with E-state index in [0.717, 1.165) is 42.7 Å². The van der Waals surface area contributed by atoms with Crippen LogP contribution in [-0.4, -0.2) is 57.2 Å². The Morgan fingerprint density at radius 1 is 1.26 bits per heavy atom. The van der Waals surface area contributed by atoms with Gasteiger partial charge in [-0.05, 0) is 36.2 Å². The first-order valence-corrected chi connectivity index (χ1v) is 9.33. The smallest absolute Gasteiger partial charge is 0.193 e. The van der Waals surface area contributed by atoms with E-state index in [1.807, 2.05) is 56.4 Å². The molecule has 144 valence electrons. The Bertz CT molecular complexity index is 772. The SMILES string of the molecule is CN=C(NCc1cccc(N(C)C)n1)N1CCC(c2ccc(OC)cc2)C1. The molecule has 0 bridgehead atoms. The number of nitrogens with one attached hydrogen (secondary N) is 1. The number of guanidine groups is 1. The zero-order valence-corrected chi connectivity index (χ0v) is 16.6. The molecule has 2 heterocycles. The van der Waals surface area contributed by atoms with Crippen molar-refractivity contribution in [1.82, 2.24) is 15.2 Å². The third-order valence-corrected chi connectivity index (χ3v) is 4.96. The van der Waals surface area contributed by atoms with Crippen molar-refractivity contribution in [3.05, 3.63) is 53.7 Å². The van der Waals surface area contributed by atoms with Gasteiger partial charge in [-0.1, -0.05) is 18.2 Å². The van der Waals surface area contributed by atoms with E-state index in [1.54, 1.807) is 7.11 Å². The summed E-state index contributed by atoms with van der Waals surface area (Å²) in [4.78, 5) is 13.5. The number of pyridine rings is 1. The molecule has 3 rings (SSSR count). The number of likely N-dealkylation sites (tertiary alicyclic amines) is 1. The molecule has 1 fully saturated rings. The lowest BCUT2D eigenvalue weighted by Gasteiger charge is -2.22. The predicted octanol–water partition coefficient (Wildman–Crippen LogP) is 2.72. The van der Waals surface area contributed by atoms with E-state index in [-0.39, 0.29) is 0 Å². The highest BCUT2D eigenvalue weighted by Gasteiger charge is 2.26. The van der Waals surface area contributed by atoms with Crippen molar-refractivity contribution in [2.24, 2.45) is 4.99 Å². The van der Waals surface area contributed by atoms with E-state index in [1.165, 1.54) is 5.56 Å². The summed E-state index contributed by atoms with van der Waals surface area (Å²) in [5.41, 5.74) is 2.36. The minimum absolute atomic E-state index is 0.518. The van der Waals surface area contributed by atoms with E-state index < -0.39 is 0 Å². The number of ether oxygens (including phenoxy) is 1. The van der Waals surface area contributed by atoms with Gasteiger partial charge in [0.15, 0.2) is 5.96 Å². The highest BCUT2D eigenvalue weighted by atomic mass is 16.5. The van der Waals surface area contributed by atoms with Gasteiger partial charge in [0, 0.05) is 40.2 Å². The molecule has 1 aliphatic rings. The van der Waals surface area contributed by atoms with Crippen LogP contribution in [0.5, 0.6) is 5.75 Å². The molecule has 1 aromatic heterocycles. The lowest BCUT2D eigenvalue weighted by Crippen LogP contribution is -2.39. The average Bonchev–Trinajstić information content (AvgIpc) is 3.19. The molecular weight excluding hydrogens is 338 g/mol. The van der Waals surface area contributed by atoms with Crippen LogP contribution in [0, 0.1) is 0 Å². The number of aromatic nitrogens is 1. The maximum atomic E-state index is 5.26. The molecule has 1 aromatic carbocycles. The third kappa shape index (κ3) is 4.70. The molecule has 0 amide bonds. The number of rotatable bonds is 5. The van der Waals surface area contributed by atoms with Gasteiger partial charge < -0.3 is 19.9 Å². The van der Waals surface area contributed by atoms with Crippen molar-refractivity contribution in [2.45, 2.75) is 18.9 Å². The third-order valence-electron chi connectivity index (χ3n) is 4.96. The van der Waals surface area contributed by atoms with Gasteiger partial charge in [-0.3, -0.25) is 4.99 Å². The van der Waals surface area contributed by atoms with Crippen LogP contribution in [-0.2, 0) is 6.54 Å². The van der Waals surface area contributed by atoms with Gasteiger partial charge in [-0.15, -0.1) is 0 Å². The minimum atomic E-state index is 0.518. The summed E-state index contributed by atoms with van der Waals surface area (Å²) < 4.78 is 5.26. The lowest BCUT2D eigenvalue weighted by atomic mass is 9.98. The molecule has 1 N–H and O–H groups in total. The molecule has 1 atom stereocenters. The van der Waals surface area contributed by atoms with Gasteiger partial charge in [0.25, 0.3) is 0 Å². The van der Waals surface area contributed by atoms with Crippen LogP contribution < -0.4 is 15.0 Å². The molecule has 0 saturated carbocycles. The maximum Gasteiger partial charge on any atom is 0.193 e. The monoisotopic (exact) mass is 367 g/mol. The fourth-order valence-electron chi connectivity index (χ4n) is 3.42. The van der Waals surface area contributed by atoms with E-state index >= 15 is 0 Å². The number of anilines is 1. The Labute approximate surface area is 161 Å². The standard InChI is InChI=1S/C21H29N5O/c1-22-21(23-14-18-6-5-7-20(24-18)25(2)3)26-13-12-17(15-26)16-8-10-19(27-4)11-9-16/h5-11,17H,12-15H2,1-4H3,(H,22,23). The number of hydrogen-bond acceptors (Lipinski definition) is 4. The van der Waals surface area contributed by atoms with Gasteiger partial charge in [0.1, 0.15) is 11.6 Å². The van der Waals surface area contributed by atoms with Crippen molar-refractivity contribution >= 4 is 11.8 Å². The Balaban J connectivity index is 1.59. The van der Waals surface area contributed by atoms with Crippen LogP contribution >= 0.6 is 0 Å². The van der Waals surface area contributed by atoms with Crippen LogP contribution in [0.1, 0.15) is 23.6 Å². The molecule has 0 radical (unpaired) electrons. The van der Waals surface area contributed by atoms with Crippen molar-refractivity contribution in [1.29, 1.82) is 0 Å². The summed E-state index contributed by atoms with van der Waals surface area (Å²) in [5.74, 6) is 3.32. The highest BCUT2D eigenvalue weighted by molar-refractivity contribution is 5.80. The maximum absolute atomic E-state index is 5.26. The summed E-state index contributed by atoms with van der Waals surface area (Å²) in [5, 5.41) is 3.46. The van der Waals surface area contributed by atoms with E-state index in [0.29, 0.717) is 12.5 Å². The van der Waals surface area contributed by atoms with Crippen molar-refractivity contribution in [3.8, 4) is 5.75 Å². The van der Waals surface area contributed by atoms with Crippen LogP contribution in [0.25, 0.3) is 0 Å². The summed E-state index contributed by atoms with van der Waals surface area (Å²) in [6.45, 7) is 2.64. The van der Waals surface area contributed by atoms with Crippen LogP contribution in [0.2, 0.25) is 0 Å². The van der Waals surface area contributed by atoms with Crippen LogP contribution in [0.4, 0.5) is 5.82 Å². The molecule has 1 unspecified atom stereocenters. The second-order valence-electron chi connectivity index (χ2n) is 6.99. The Morgan fingerprint density at radius 2 is 2.04 bits per heavy atom. The van der Waals surface area contributed by atoms with Crippen molar-refractivity contribution < 1.29 is 4.74 Å². The van der Waals surface area contributed by atoms with Crippen LogP contribution in [0.15, 0.2) is 47.5 Å². The fourth-order valence-corrected chi connectivity index (χ4v) is 3.42. The van der Waals surface area contributed by atoms with E-state index in [9.17, 15) is 0 Å². The van der Waals surface area contributed by atoms with Crippen molar-refractivity contribution in [3.63, 3.8) is 0 Å². The zero-order valence-electron chi connectivity index (χ0n) is 16.6. The first-order chi connectivity index (χ1) is 13.1. The predicted molar refractivity (Wildman–Crippen MR) is 111 cm³/mol. The van der Waals surface area contributed by atoms with Gasteiger partial charge in [-0.25, -0.2) is 4.98 Å². The first-order valence-electron chi connectivity index (χ1n) is 9.33. The molecule has 1 saturated heterocycles. The molecule has 0 spiro atoms. The summed E-state index contributed by atoms with van der Waals surface area (Å²) >= 11 is 0. The first kappa shape index (κ1) is 19.0. The molecule has 27 heavy (non-hydrogen) atoms.